The second-order valence-corrected chi connectivity index (χ2v) is 9.77. The highest BCUT2D eigenvalue weighted by Gasteiger charge is 2.27. The lowest BCUT2D eigenvalue weighted by molar-refractivity contribution is 0.0240. The van der Waals surface area contributed by atoms with Crippen molar-refractivity contribution in [2.24, 2.45) is 0 Å². The Hall–Kier alpha value is -3.13. The number of carbonyl (C=O) groups is 2. The molecule has 1 aliphatic heterocycles. The summed E-state index contributed by atoms with van der Waals surface area (Å²) >= 11 is 1.56. The molecule has 0 saturated carbocycles. The van der Waals surface area contributed by atoms with Gasteiger partial charge in [0, 0.05) is 47.6 Å². The number of carboxylic acid groups (broad SMARTS) is 1. The Morgan fingerprint density at radius 3 is 2.28 bits per heavy atom. The van der Waals surface area contributed by atoms with Crippen LogP contribution in [0.2, 0.25) is 0 Å². The number of aromatic nitrogens is 1. The van der Waals surface area contributed by atoms with Crippen molar-refractivity contribution in [2.75, 3.05) is 31.1 Å². The van der Waals surface area contributed by atoms with Gasteiger partial charge in [0.15, 0.2) is 0 Å². The molecule has 1 aromatic heterocycles. The van der Waals surface area contributed by atoms with Gasteiger partial charge in [-0.25, -0.2) is 9.59 Å². The molecule has 1 fully saturated rings. The molecule has 0 atom stereocenters. The average molecular weight is 454 g/mol. The Bertz CT molecular complexity index is 1140. The molecule has 0 aliphatic carbocycles. The minimum Gasteiger partial charge on any atom is -0.464 e. The van der Waals surface area contributed by atoms with Crippen LogP contribution in [0, 0.1) is 0 Å². The number of nitrogens with zero attached hydrogens (tertiary/aromatic N) is 3. The van der Waals surface area contributed by atoms with E-state index in [0.717, 1.165) is 20.9 Å². The van der Waals surface area contributed by atoms with E-state index in [0.29, 0.717) is 31.7 Å². The molecule has 0 unspecified atom stereocenters. The molecule has 7 nitrogen and oxygen atoms in total. The van der Waals surface area contributed by atoms with Crippen LogP contribution < -0.4 is 4.90 Å². The largest absolute Gasteiger partial charge is 0.464 e. The standard InChI is InChI=1S/C24H27N3O4S/c1-24(2,3)31-23(30)26-14-12-25(13-15-26)19-10-6-7-11-20(19)32-21-16-27(22(28)29)18-9-5-4-8-17(18)21/h4-11,16H,12-15H2,1-3H3,(H,28,29). The van der Waals surface area contributed by atoms with Gasteiger partial charge in [0.25, 0.3) is 0 Å². The van der Waals surface area contributed by atoms with Gasteiger partial charge in [-0.2, -0.15) is 0 Å². The second kappa shape index (κ2) is 8.78. The quantitative estimate of drug-likeness (QED) is 0.574. The Labute approximate surface area is 191 Å². The van der Waals surface area contributed by atoms with Crippen molar-refractivity contribution in [3.8, 4) is 0 Å². The number of amides is 1. The van der Waals surface area contributed by atoms with E-state index in [1.807, 2.05) is 63.2 Å². The van der Waals surface area contributed by atoms with Crippen LogP contribution in [-0.4, -0.2) is 58.5 Å². The summed E-state index contributed by atoms with van der Waals surface area (Å²) < 4.78 is 6.76. The molecule has 8 heteroatoms. The van der Waals surface area contributed by atoms with Crippen LogP contribution in [-0.2, 0) is 4.74 Å². The molecule has 1 saturated heterocycles. The zero-order valence-electron chi connectivity index (χ0n) is 18.4. The summed E-state index contributed by atoms with van der Waals surface area (Å²) in [5, 5.41) is 10.5. The van der Waals surface area contributed by atoms with Crippen LogP contribution in [0.1, 0.15) is 20.8 Å². The van der Waals surface area contributed by atoms with Crippen LogP contribution in [0.25, 0.3) is 10.9 Å². The molecule has 4 rings (SSSR count). The van der Waals surface area contributed by atoms with Gasteiger partial charge in [-0.05, 0) is 39.0 Å². The monoisotopic (exact) mass is 453 g/mol. The lowest BCUT2D eigenvalue weighted by atomic mass is 10.2. The fourth-order valence-corrected chi connectivity index (χ4v) is 4.89. The number of benzene rings is 2. The first-order chi connectivity index (χ1) is 15.2. The summed E-state index contributed by atoms with van der Waals surface area (Å²) in [6.07, 6.45) is 0.399. The maximum atomic E-state index is 12.4. The van der Waals surface area contributed by atoms with E-state index >= 15 is 0 Å². The summed E-state index contributed by atoms with van der Waals surface area (Å²) in [5.74, 6) is 0. The van der Waals surface area contributed by atoms with Gasteiger partial charge in [-0.15, -0.1) is 0 Å². The summed E-state index contributed by atoms with van der Waals surface area (Å²) in [4.78, 5) is 30.0. The minimum absolute atomic E-state index is 0.277. The predicted molar refractivity (Wildman–Crippen MR) is 126 cm³/mol. The molecule has 0 bridgehead atoms. The smallest absolute Gasteiger partial charge is 0.416 e. The van der Waals surface area contributed by atoms with Gasteiger partial charge < -0.3 is 19.6 Å². The summed E-state index contributed by atoms with van der Waals surface area (Å²) in [6.45, 7) is 8.20. The number of fused-ring (bicyclic) bond motifs is 1. The van der Waals surface area contributed by atoms with Gasteiger partial charge in [0.2, 0.25) is 0 Å². The third-order valence-electron chi connectivity index (χ3n) is 5.24. The molecule has 2 aromatic carbocycles. The van der Waals surface area contributed by atoms with Crippen molar-refractivity contribution < 1.29 is 19.4 Å². The van der Waals surface area contributed by atoms with Crippen molar-refractivity contribution >= 4 is 40.5 Å². The number of hydrogen-bond acceptors (Lipinski definition) is 5. The lowest BCUT2D eigenvalue weighted by Crippen LogP contribution is -2.50. The summed E-state index contributed by atoms with van der Waals surface area (Å²) in [7, 11) is 0. The van der Waals surface area contributed by atoms with E-state index in [4.69, 9.17) is 4.74 Å². The van der Waals surface area contributed by atoms with Crippen molar-refractivity contribution in [3.05, 3.63) is 54.7 Å². The summed E-state index contributed by atoms with van der Waals surface area (Å²) in [6, 6.07) is 15.6. The van der Waals surface area contributed by atoms with E-state index in [2.05, 4.69) is 11.0 Å². The molecular weight excluding hydrogens is 426 g/mol. The fourth-order valence-electron chi connectivity index (χ4n) is 3.77. The van der Waals surface area contributed by atoms with Crippen LogP contribution >= 0.6 is 11.8 Å². The maximum Gasteiger partial charge on any atom is 0.416 e. The molecule has 32 heavy (non-hydrogen) atoms. The molecular formula is C24H27N3O4S. The highest BCUT2D eigenvalue weighted by atomic mass is 32.2. The number of piperazine rings is 1. The number of rotatable bonds is 3. The zero-order valence-corrected chi connectivity index (χ0v) is 19.3. The maximum absolute atomic E-state index is 12.4. The third kappa shape index (κ3) is 4.70. The van der Waals surface area contributed by atoms with Crippen molar-refractivity contribution in [2.45, 2.75) is 36.2 Å². The number of carbonyl (C=O) groups excluding carboxylic acids is 1. The second-order valence-electron chi connectivity index (χ2n) is 8.69. The first kappa shape index (κ1) is 22.1. The van der Waals surface area contributed by atoms with Crippen molar-refractivity contribution in [3.63, 3.8) is 0 Å². The van der Waals surface area contributed by atoms with Crippen molar-refractivity contribution in [1.29, 1.82) is 0 Å². The Morgan fingerprint density at radius 2 is 1.59 bits per heavy atom. The van der Waals surface area contributed by atoms with Crippen molar-refractivity contribution in [1.82, 2.24) is 9.47 Å². The predicted octanol–water partition coefficient (Wildman–Crippen LogP) is 5.38. The third-order valence-corrected chi connectivity index (χ3v) is 6.35. The van der Waals surface area contributed by atoms with E-state index in [1.165, 1.54) is 4.57 Å². The van der Waals surface area contributed by atoms with Crippen LogP contribution in [0.4, 0.5) is 15.3 Å². The highest BCUT2D eigenvalue weighted by Crippen LogP contribution is 2.39. The highest BCUT2D eigenvalue weighted by molar-refractivity contribution is 7.99. The number of anilines is 1. The van der Waals surface area contributed by atoms with Gasteiger partial charge in [0.05, 0.1) is 11.2 Å². The molecule has 3 aromatic rings. The average Bonchev–Trinajstić information content (AvgIpc) is 3.12. The molecule has 1 N–H and O–H groups in total. The zero-order chi connectivity index (χ0) is 22.9. The number of ether oxygens (including phenoxy) is 1. The molecule has 1 aliphatic rings. The number of para-hydroxylation sites is 2. The summed E-state index contributed by atoms with van der Waals surface area (Å²) in [5.41, 5.74) is 1.24. The first-order valence-electron chi connectivity index (χ1n) is 10.6. The lowest BCUT2D eigenvalue weighted by Gasteiger charge is -2.37. The van der Waals surface area contributed by atoms with E-state index < -0.39 is 11.7 Å². The molecule has 2 heterocycles. The van der Waals surface area contributed by atoms with Gasteiger partial charge in [0.1, 0.15) is 5.60 Å². The SMILES string of the molecule is CC(C)(C)OC(=O)N1CCN(c2ccccc2Sc2cn(C(=O)O)c3ccccc23)CC1. The van der Waals surface area contributed by atoms with E-state index in [9.17, 15) is 14.7 Å². The molecule has 168 valence electrons. The van der Waals surface area contributed by atoms with Crippen LogP contribution in [0.3, 0.4) is 0 Å². The molecule has 0 radical (unpaired) electrons. The topological polar surface area (TPSA) is 75.0 Å². The number of hydrogen-bond donors (Lipinski definition) is 1. The minimum atomic E-state index is -1.00. The Kier molecular flexibility index (Phi) is 6.06. The van der Waals surface area contributed by atoms with E-state index in [-0.39, 0.29) is 6.09 Å². The molecule has 1 amide bonds. The van der Waals surface area contributed by atoms with Gasteiger partial charge in [-0.3, -0.25) is 4.57 Å². The van der Waals surface area contributed by atoms with Gasteiger partial charge >= 0.3 is 12.2 Å². The van der Waals surface area contributed by atoms with E-state index in [1.54, 1.807) is 22.9 Å². The Morgan fingerprint density at radius 1 is 0.938 bits per heavy atom. The van der Waals surface area contributed by atoms with Gasteiger partial charge in [-0.1, -0.05) is 42.1 Å². The van der Waals surface area contributed by atoms with Crippen LogP contribution in [0.5, 0.6) is 0 Å². The Balaban J connectivity index is 1.54. The fraction of sp³-hybridized carbons (Fsp3) is 0.333. The normalized spacial score (nSPS) is 14.6. The van der Waals surface area contributed by atoms with Crippen LogP contribution in [0.15, 0.2) is 64.5 Å². The molecule has 0 spiro atoms. The first-order valence-corrected chi connectivity index (χ1v) is 11.4.